The zero-order chi connectivity index (χ0) is 10.1. The van der Waals surface area contributed by atoms with Crippen molar-refractivity contribution >= 4 is 16.8 Å². The maximum absolute atomic E-state index is 6.12. The zero-order valence-corrected chi connectivity index (χ0v) is 9.30. The van der Waals surface area contributed by atoms with Crippen molar-refractivity contribution in [2.45, 2.75) is 26.7 Å². The van der Waals surface area contributed by atoms with Gasteiger partial charge in [-0.3, -0.25) is 0 Å². The number of hydrogen-bond donors (Lipinski definition) is 0. The van der Waals surface area contributed by atoms with Crippen LogP contribution in [0.3, 0.4) is 0 Å². The van der Waals surface area contributed by atoms with Gasteiger partial charge < -0.3 is 0 Å². The van der Waals surface area contributed by atoms with Gasteiger partial charge in [-0.1, -0.05) is 42.3 Å². The molecule has 0 amide bonds. The zero-order valence-electron chi connectivity index (χ0n) is 8.55. The lowest BCUT2D eigenvalue weighted by Gasteiger charge is -2.25. The fraction of sp³-hybridized carbons (Fsp3) is 0.417. The minimum absolute atomic E-state index is 0.388. The third kappa shape index (κ3) is 1.57. The lowest BCUT2D eigenvalue weighted by molar-refractivity contribution is 0.817. The first-order valence-corrected chi connectivity index (χ1v) is 5.42. The lowest BCUT2D eigenvalue weighted by Crippen LogP contribution is -2.16. The summed E-state index contributed by atoms with van der Waals surface area (Å²) in [6, 6.07) is 0. The van der Waals surface area contributed by atoms with Gasteiger partial charge in [0.05, 0.1) is 0 Å². The largest absolute Gasteiger partial charge is 0.241 e. The summed E-state index contributed by atoms with van der Waals surface area (Å²) in [5.74, 6) is 0.388. The van der Waals surface area contributed by atoms with E-state index in [1.807, 2.05) is 6.92 Å². The lowest BCUT2D eigenvalue weighted by atomic mass is 9.83. The second kappa shape index (κ2) is 3.74. The van der Waals surface area contributed by atoms with Crippen LogP contribution in [0.25, 0.3) is 0 Å². The molecular weight excluding hydrogens is 194 g/mol. The quantitative estimate of drug-likeness (QED) is 0.580. The van der Waals surface area contributed by atoms with E-state index in [9.17, 15) is 0 Å². The van der Waals surface area contributed by atoms with E-state index in [1.54, 1.807) is 0 Å². The highest BCUT2D eigenvalue weighted by Crippen LogP contribution is 2.35. The standard InChI is InChI=1S/C12H14ClN/c1-3-9-5-4-6-10-11(9)7-8(2)14-12(10)13/h5-7,11H,3-4H2,1-2H3. The summed E-state index contributed by atoms with van der Waals surface area (Å²) in [4.78, 5) is 4.28. The van der Waals surface area contributed by atoms with Crippen molar-refractivity contribution in [3.05, 3.63) is 35.1 Å². The van der Waals surface area contributed by atoms with Crippen molar-refractivity contribution in [1.82, 2.24) is 0 Å². The summed E-state index contributed by atoms with van der Waals surface area (Å²) in [7, 11) is 0. The van der Waals surface area contributed by atoms with Gasteiger partial charge in [0, 0.05) is 11.6 Å². The normalized spacial score (nSPS) is 25.8. The highest BCUT2D eigenvalue weighted by atomic mass is 35.5. The Morgan fingerprint density at radius 1 is 1.50 bits per heavy atom. The molecule has 1 atom stereocenters. The van der Waals surface area contributed by atoms with E-state index >= 15 is 0 Å². The Kier molecular flexibility index (Phi) is 2.60. The minimum atomic E-state index is 0.388. The first kappa shape index (κ1) is 9.72. The van der Waals surface area contributed by atoms with Crippen LogP contribution in [-0.2, 0) is 0 Å². The molecule has 1 aliphatic carbocycles. The molecule has 14 heavy (non-hydrogen) atoms. The average Bonchev–Trinajstić information content (AvgIpc) is 2.17. The number of allylic oxidation sites excluding steroid dienone is 6. The predicted molar refractivity (Wildman–Crippen MR) is 61.6 cm³/mol. The van der Waals surface area contributed by atoms with Crippen molar-refractivity contribution in [2.24, 2.45) is 10.9 Å². The second-order valence-electron chi connectivity index (χ2n) is 3.72. The van der Waals surface area contributed by atoms with Crippen LogP contribution >= 0.6 is 11.6 Å². The third-order valence-corrected chi connectivity index (χ3v) is 3.08. The summed E-state index contributed by atoms with van der Waals surface area (Å²) >= 11 is 6.12. The Morgan fingerprint density at radius 3 is 3.00 bits per heavy atom. The molecule has 0 spiro atoms. The average molecular weight is 208 g/mol. The van der Waals surface area contributed by atoms with E-state index in [-0.39, 0.29) is 0 Å². The van der Waals surface area contributed by atoms with Crippen molar-refractivity contribution in [3.63, 3.8) is 0 Å². The highest BCUT2D eigenvalue weighted by molar-refractivity contribution is 6.70. The SMILES string of the molecule is CCC1=CCC=C2C(Cl)=NC(C)=CC12. The maximum atomic E-state index is 6.12. The van der Waals surface area contributed by atoms with Crippen LogP contribution in [-0.4, -0.2) is 5.17 Å². The van der Waals surface area contributed by atoms with Gasteiger partial charge in [0.15, 0.2) is 0 Å². The van der Waals surface area contributed by atoms with Crippen LogP contribution in [0.15, 0.2) is 40.1 Å². The first-order valence-electron chi connectivity index (χ1n) is 5.04. The molecule has 1 aliphatic heterocycles. The molecule has 2 rings (SSSR count). The Hall–Kier alpha value is -0.820. The van der Waals surface area contributed by atoms with Crippen LogP contribution in [0, 0.1) is 5.92 Å². The topological polar surface area (TPSA) is 12.4 Å². The summed E-state index contributed by atoms with van der Waals surface area (Å²) in [5, 5.41) is 0.675. The molecule has 0 bridgehead atoms. The van der Waals surface area contributed by atoms with E-state index in [1.165, 1.54) is 11.1 Å². The van der Waals surface area contributed by atoms with Gasteiger partial charge in [-0.05, 0) is 25.3 Å². The fourth-order valence-corrected chi connectivity index (χ4v) is 2.39. The van der Waals surface area contributed by atoms with Gasteiger partial charge in [-0.15, -0.1) is 0 Å². The fourth-order valence-electron chi connectivity index (χ4n) is 2.06. The minimum Gasteiger partial charge on any atom is -0.241 e. The molecule has 1 nitrogen and oxygen atoms in total. The van der Waals surface area contributed by atoms with E-state index in [4.69, 9.17) is 11.6 Å². The summed E-state index contributed by atoms with van der Waals surface area (Å²) in [6.45, 7) is 4.19. The number of halogens is 1. The molecule has 0 radical (unpaired) electrons. The van der Waals surface area contributed by atoms with Crippen molar-refractivity contribution in [1.29, 1.82) is 0 Å². The van der Waals surface area contributed by atoms with Gasteiger partial charge in [-0.2, -0.15) is 0 Å². The molecule has 0 fully saturated rings. The third-order valence-electron chi connectivity index (χ3n) is 2.78. The number of aliphatic imine (C=N–C) groups is 1. The van der Waals surface area contributed by atoms with Crippen molar-refractivity contribution in [3.8, 4) is 0 Å². The molecule has 2 heteroatoms. The smallest absolute Gasteiger partial charge is 0.133 e. The van der Waals surface area contributed by atoms with Gasteiger partial charge in [-0.25, -0.2) is 4.99 Å². The Labute approximate surface area is 89.9 Å². The molecule has 2 aliphatic rings. The van der Waals surface area contributed by atoms with Gasteiger partial charge >= 0.3 is 0 Å². The molecule has 1 unspecified atom stereocenters. The Balaban J connectivity index is 2.39. The second-order valence-corrected chi connectivity index (χ2v) is 4.07. The first-order chi connectivity index (χ1) is 6.72. The van der Waals surface area contributed by atoms with Gasteiger partial charge in [0.2, 0.25) is 0 Å². The van der Waals surface area contributed by atoms with Crippen LogP contribution < -0.4 is 0 Å². The Morgan fingerprint density at radius 2 is 2.29 bits per heavy atom. The summed E-state index contributed by atoms with van der Waals surface area (Å²) < 4.78 is 0. The molecule has 0 aromatic heterocycles. The monoisotopic (exact) mass is 207 g/mol. The van der Waals surface area contributed by atoms with Gasteiger partial charge in [0.25, 0.3) is 0 Å². The van der Waals surface area contributed by atoms with E-state index in [0.717, 1.165) is 18.5 Å². The molecule has 74 valence electrons. The summed E-state index contributed by atoms with van der Waals surface area (Å²) in [6.07, 6.45) is 8.77. The van der Waals surface area contributed by atoms with Crippen LogP contribution in [0.5, 0.6) is 0 Å². The Bertz CT molecular complexity index is 372. The van der Waals surface area contributed by atoms with Crippen molar-refractivity contribution in [2.75, 3.05) is 0 Å². The van der Waals surface area contributed by atoms with Crippen LogP contribution in [0.1, 0.15) is 26.7 Å². The van der Waals surface area contributed by atoms with E-state index in [0.29, 0.717) is 11.1 Å². The molecular formula is C12H14ClN. The molecule has 0 N–H and O–H groups in total. The van der Waals surface area contributed by atoms with E-state index in [2.05, 4.69) is 30.1 Å². The number of hydrogen-bond acceptors (Lipinski definition) is 1. The number of fused-ring (bicyclic) bond motifs is 1. The molecule has 1 heterocycles. The number of nitrogens with zero attached hydrogens (tertiary/aromatic N) is 1. The van der Waals surface area contributed by atoms with E-state index < -0.39 is 0 Å². The van der Waals surface area contributed by atoms with Gasteiger partial charge in [0.1, 0.15) is 5.17 Å². The highest BCUT2D eigenvalue weighted by Gasteiger charge is 2.24. The maximum Gasteiger partial charge on any atom is 0.133 e. The van der Waals surface area contributed by atoms with Crippen LogP contribution in [0.4, 0.5) is 0 Å². The molecule has 0 saturated heterocycles. The molecule has 0 aromatic rings. The number of rotatable bonds is 1. The molecule has 0 saturated carbocycles. The summed E-state index contributed by atoms with van der Waals surface area (Å²) in [5.41, 5.74) is 3.69. The predicted octanol–water partition coefficient (Wildman–Crippen LogP) is 3.82. The van der Waals surface area contributed by atoms with Crippen LogP contribution in [0.2, 0.25) is 0 Å². The van der Waals surface area contributed by atoms with Crippen molar-refractivity contribution < 1.29 is 0 Å². The molecule has 0 aromatic carbocycles.